The third-order valence-electron chi connectivity index (χ3n) is 6.97. The maximum absolute atomic E-state index is 13.9. The topological polar surface area (TPSA) is 170 Å². The lowest BCUT2D eigenvalue weighted by Crippen LogP contribution is -2.04. The summed E-state index contributed by atoms with van der Waals surface area (Å²) in [7, 11) is 4.53. The Morgan fingerprint density at radius 1 is 0.771 bits per heavy atom. The van der Waals surface area contributed by atoms with Gasteiger partial charge in [0, 0.05) is 36.7 Å². The van der Waals surface area contributed by atoms with Crippen molar-refractivity contribution >= 4 is 51.0 Å². The zero-order chi connectivity index (χ0) is 33.8. The van der Waals surface area contributed by atoms with Crippen molar-refractivity contribution in [2.24, 2.45) is 0 Å². The second-order valence-corrected chi connectivity index (χ2v) is 10.1. The number of nitrogens with one attached hydrogen (secondary N) is 1. The van der Waals surface area contributed by atoms with Crippen molar-refractivity contribution in [3.63, 3.8) is 0 Å². The zero-order valence-electron chi connectivity index (χ0n) is 25.4. The molecule has 0 saturated heterocycles. The average molecular weight is 671 g/mol. The Morgan fingerprint density at radius 3 is 1.90 bits per heavy atom. The monoisotopic (exact) mass is 670 g/mol. The van der Waals surface area contributed by atoms with E-state index in [0.717, 1.165) is 39.9 Å². The van der Waals surface area contributed by atoms with Gasteiger partial charge < -0.3 is 19.5 Å². The van der Waals surface area contributed by atoms with Crippen LogP contribution in [0.15, 0.2) is 85.7 Å². The number of fused-ring (bicyclic) bond motifs is 2. The molecule has 4 heterocycles. The normalized spacial score (nSPS) is 10.8. The second-order valence-electron chi connectivity index (χ2n) is 9.75. The Labute approximate surface area is 275 Å². The number of hydrogen-bond acceptors (Lipinski definition) is 12. The molecule has 1 N–H and O–H groups in total. The Morgan fingerprint density at radius 2 is 1.35 bits per heavy atom. The number of anilines is 2. The number of rotatable bonds is 8. The number of ether oxygens (including phenoxy) is 3. The number of nitro groups is 1. The maximum atomic E-state index is 13.9. The number of imidazole rings is 2. The van der Waals surface area contributed by atoms with Gasteiger partial charge in [-0.1, -0.05) is 0 Å². The van der Waals surface area contributed by atoms with Gasteiger partial charge in [-0.25, -0.2) is 19.9 Å². The fourth-order valence-electron chi connectivity index (χ4n) is 4.68. The molecule has 0 spiro atoms. The van der Waals surface area contributed by atoms with Crippen LogP contribution >= 0.6 is 11.6 Å². The van der Waals surface area contributed by atoms with Crippen molar-refractivity contribution in [3.05, 3.63) is 107 Å². The molecule has 0 fully saturated rings. The van der Waals surface area contributed by atoms with E-state index in [0.29, 0.717) is 17.4 Å². The third-order valence-corrected chi connectivity index (χ3v) is 7.15. The van der Waals surface area contributed by atoms with Crippen LogP contribution in [0.25, 0.3) is 33.7 Å². The number of nitrogens with zero attached hydrogens (tertiary/aromatic N) is 9. The van der Waals surface area contributed by atoms with E-state index in [2.05, 4.69) is 35.2 Å². The van der Waals surface area contributed by atoms with Crippen LogP contribution in [0.4, 0.5) is 21.7 Å². The number of halogens is 2. The summed E-state index contributed by atoms with van der Waals surface area (Å²) in [5, 5.41) is 14.1. The third kappa shape index (κ3) is 6.45. The Hall–Kier alpha value is -6.42. The second kappa shape index (κ2) is 13.5. The summed E-state index contributed by atoms with van der Waals surface area (Å²) < 4.78 is 32.9. The van der Waals surface area contributed by atoms with Crippen LogP contribution < -0.4 is 19.5 Å². The van der Waals surface area contributed by atoms with Gasteiger partial charge in [0.2, 0.25) is 17.0 Å². The summed E-state index contributed by atoms with van der Waals surface area (Å²) >= 11 is 5.78. The van der Waals surface area contributed by atoms with Gasteiger partial charge in [0.05, 0.1) is 54.0 Å². The lowest BCUT2D eigenvalue weighted by atomic mass is 10.2. The fraction of sp³-hybridized carbons (Fsp3) is 0.0968. The number of benzene rings is 3. The van der Waals surface area contributed by atoms with E-state index in [1.54, 1.807) is 55.8 Å². The summed E-state index contributed by atoms with van der Waals surface area (Å²) in [5.74, 6) is 1.86. The summed E-state index contributed by atoms with van der Waals surface area (Å²) in [6, 6.07) is 16.6. The lowest BCUT2D eigenvalue weighted by Gasteiger charge is -2.11. The van der Waals surface area contributed by atoms with Gasteiger partial charge in [-0.2, -0.15) is 14.4 Å². The highest BCUT2D eigenvalue weighted by Crippen LogP contribution is 2.33. The van der Waals surface area contributed by atoms with Gasteiger partial charge in [-0.15, -0.1) is 0 Å². The molecule has 3 aromatic carbocycles. The van der Waals surface area contributed by atoms with Crippen LogP contribution in [-0.2, 0) is 0 Å². The molecule has 0 atom stereocenters. The van der Waals surface area contributed by atoms with Crippen molar-refractivity contribution in [2.45, 2.75) is 0 Å². The SMILES string of the molecule is COc1ccc2c(c1)ncn2-c1ccnc(Cl)n1.COc1ccc2c(c1)ncn2-c1ccnc(Nc2cc([N+](=O)[O-])c(F)cc2OC)n1. The highest BCUT2D eigenvalue weighted by atomic mass is 35.5. The molecule has 0 unspecified atom stereocenters. The number of methoxy groups -OCH3 is 3. The van der Waals surface area contributed by atoms with Crippen LogP contribution in [0.1, 0.15) is 0 Å². The summed E-state index contributed by atoms with van der Waals surface area (Å²) in [5.41, 5.74) is 2.76. The van der Waals surface area contributed by atoms with Gasteiger partial charge in [-0.3, -0.25) is 19.2 Å². The first-order chi connectivity index (χ1) is 23.3. The van der Waals surface area contributed by atoms with Gasteiger partial charge in [0.25, 0.3) is 0 Å². The standard InChI is InChI=1S/C19H15FN6O4.C12H9ClN4O/c1-29-11-3-4-15-13(7-11)22-10-25(15)18-5-6-21-19(24-18)23-14-9-16(26(27)28)12(20)8-17(14)30-2;1-18-8-2-3-10-9(6-8)15-7-17(10)11-4-5-14-12(13)16-11/h3-10H,1-2H3,(H,21,23,24);2-7H,1H3. The van der Waals surface area contributed by atoms with Crippen molar-refractivity contribution in [1.29, 1.82) is 0 Å². The molecule has 15 nitrogen and oxygen atoms in total. The first kappa shape index (κ1) is 31.6. The molecule has 0 amide bonds. The lowest BCUT2D eigenvalue weighted by molar-refractivity contribution is -0.387. The van der Waals surface area contributed by atoms with Gasteiger partial charge in [0.15, 0.2) is 0 Å². The molecule has 7 aromatic rings. The summed E-state index contributed by atoms with van der Waals surface area (Å²) in [4.78, 5) is 35.5. The Kier molecular flexibility index (Phi) is 8.89. The summed E-state index contributed by atoms with van der Waals surface area (Å²) in [6.45, 7) is 0. The molecule has 0 radical (unpaired) electrons. The molecule has 0 bridgehead atoms. The van der Waals surface area contributed by atoms with Crippen LogP contribution in [0.3, 0.4) is 0 Å². The predicted octanol–water partition coefficient (Wildman–Crippen LogP) is 6.10. The molecule has 48 heavy (non-hydrogen) atoms. The molecule has 0 saturated carbocycles. The van der Waals surface area contributed by atoms with Crippen molar-refractivity contribution in [1.82, 2.24) is 39.0 Å². The molecule has 0 aliphatic carbocycles. The number of hydrogen-bond donors (Lipinski definition) is 1. The summed E-state index contributed by atoms with van der Waals surface area (Å²) in [6.07, 6.45) is 6.44. The molecule has 242 valence electrons. The number of nitro benzene ring substituents is 1. The largest absolute Gasteiger partial charge is 0.497 e. The average Bonchev–Trinajstić information content (AvgIpc) is 3.73. The van der Waals surface area contributed by atoms with Gasteiger partial charge >= 0.3 is 5.69 Å². The minimum Gasteiger partial charge on any atom is -0.497 e. The Bertz CT molecular complexity index is 2280. The number of aromatic nitrogens is 8. The van der Waals surface area contributed by atoms with E-state index in [1.807, 2.05) is 34.9 Å². The molecular formula is C31H24ClFN10O5. The molecule has 7 rings (SSSR count). The van der Waals surface area contributed by atoms with E-state index in [4.69, 9.17) is 25.8 Å². The van der Waals surface area contributed by atoms with Crippen LogP contribution in [0, 0.1) is 15.9 Å². The first-order valence-electron chi connectivity index (χ1n) is 13.9. The fourth-order valence-corrected chi connectivity index (χ4v) is 4.82. The molecule has 4 aromatic heterocycles. The minimum absolute atomic E-state index is 0.0762. The van der Waals surface area contributed by atoms with E-state index in [9.17, 15) is 14.5 Å². The highest BCUT2D eigenvalue weighted by molar-refractivity contribution is 6.28. The molecule has 0 aliphatic rings. The van der Waals surface area contributed by atoms with Gasteiger partial charge in [0.1, 0.15) is 41.5 Å². The van der Waals surface area contributed by atoms with Crippen LogP contribution in [0.5, 0.6) is 17.2 Å². The van der Waals surface area contributed by atoms with Gasteiger partial charge in [-0.05, 0) is 48.0 Å². The molecular weight excluding hydrogens is 647 g/mol. The van der Waals surface area contributed by atoms with E-state index in [1.165, 1.54) is 13.3 Å². The first-order valence-corrected chi connectivity index (χ1v) is 14.3. The van der Waals surface area contributed by atoms with Crippen molar-refractivity contribution in [2.75, 3.05) is 26.6 Å². The van der Waals surface area contributed by atoms with E-state index in [-0.39, 0.29) is 22.7 Å². The van der Waals surface area contributed by atoms with Crippen molar-refractivity contribution in [3.8, 4) is 28.9 Å². The van der Waals surface area contributed by atoms with Crippen molar-refractivity contribution < 1.29 is 23.5 Å². The maximum Gasteiger partial charge on any atom is 0.307 e. The molecule has 0 aliphatic heterocycles. The van der Waals surface area contributed by atoms with E-state index >= 15 is 0 Å². The van der Waals surface area contributed by atoms with Crippen LogP contribution in [0.2, 0.25) is 5.28 Å². The zero-order valence-corrected chi connectivity index (χ0v) is 26.2. The Balaban J connectivity index is 0.000000189. The molecule has 17 heteroatoms. The van der Waals surface area contributed by atoms with E-state index < -0.39 is 16.4 Å². The predicted molar refractivity (Wildman–Crippen MR) is 174 cm³/mol. The van der Waals surface area contributed by atoms with Crippen LogP contribution in [-0.4, -0.2) is 65.3 Å². The highest BCUT2D eigenvalue weighted by Gasteiger charge is 2.20. The smallest absolute Gasteiger partial charge is 0.307 e. The minimum atomic E-state index is -1.00. The quantitative estimate of drug-likeness (QED) is 0.112.